The number of rotatable bonds is 3. The van der Waals surface area contributed by atoms with Gasteiger partial charge in [0, 0.05) is 28.7 Å². The number of aromatic carboxylic acids is 1. The molecule has 22 heavy (non-hydrogen) atoms. The van der Waals surface area contributed by atoms with Gasteiger partial charge < -0.3 is 15.4 Å². The number of carboxylic acid groups (broad SMARTS) is 1. The highest BCUT2D eigenvalue weighted by Crippen LogP contribution is 2.29. The third-order valence-corrected chi connectivity index (χ3v) is 3.68. The molecule has 3 N–H and O–H groups in total. The Labute approximate surface area is 132 Å². The van der Waals surface area contributed by atoms with Crippen molar-refractivity contribution in [2.45, 2.75) is 0 Å². The van der Waals surface area contributed by atoms with Crippen molar-refractivity contribution in [3.8, 4) is 16.8 Å². The Bertz CT molecular complexity index is 821. The number of nitrogens with two attached hydrogens (primary N) is 1. The Morgan fingerprint density at radius 1 is 1.00 bits per heavy atom. The van der Waals surface area contributed by atoms with E-state index in [1.165, 1.54) is 0 Å². The Balaban J connectivity index is 1.98. The molecule has 110 valence electrons. The third-order valence-electron chi connectivity index (χ3n) is 3.42. The van der Waals surface area contributed by atoms with Crippen molar-refractivity contribution in [1.29, 1.82) is 0 Å². The van der Waals surface area contributed by atoms with E-state index >= 15 is 0 Å². The van der Waals surface area contributed by atoms with Gasteiger partial charge in [-0.25, -0.2) is 4.79 Å². The largest absolute Gasteiger partial charge is 0.478 e. The summed E-state index contributed by atoms with van der Waals surface area (Å²) in [4.78, 5) is 10.9. The van der Waals surface area contributed by atoms with E-state index in [9.17, 15) is 4.79 Å². The van der Waals surface area contributed by atoms with E-state index in [-0.39, 0.29) is 5.56 Å². The van der Waals surface area contributed by atoms with Crippen LogP contribution in [0.5, 0.6) is 0 Å². The molecule has 3 rings (SSSR count). The molecular weight excluding hydrogens is 300 g/mol. The molecule has 0 aliphatic rings. The molecule has 4 nitrogen and oxygen atoms in total. The molecule has 2 aromatic carbocycles. The smallest absolute Gasteiger partial charge is 0.335 e. The molecule has 0 atom stereocenters. The predicted molar refractivity (Wildman–Crippen MR) is 87.6 cm³/mol. The summed E-state index contributed by atoms with van der Waals surface area (Å²) < 4.78 is 1.87. The molecule has 1 heterocycles. The molecule has 0 radical (unpaired) electrons. The highest BCUT2D eigenvalue weighted by molar-refractivity contribution is 6.30. The number of hydrogen-bond acceptors (Lipinski definition) is 2. The van der Waals surface area contributed by atoms with Gasteiger partial charge in [-0.05, 0) is 42.0 Å². The first-order valence-electron chi connectivity index (χ1n) is 6.62. The van der Waals surface area contributed by atoms with Crippen molar-refractivity contribution in [3.63, 3.8) is 0 Å². The lowest BCUT2D eigenvalue weighted by Gasteiger charge is -2.03. The lowest BCUT2D eigenvalue weighted by molar-refractivity contribution is 0.0697. The zero-order chi connectivity index (χ0) is 15.7. The molecular formula is C17H13ClN2O2. The number of carboxylic acids is 1. The van der Waals surface area contributed by atoms with Crippen molar-refractivity contribution in [1.82, 2.24) is 4.57 Å². The first kappa shape index (κ1) is 14.2. The van der Waals surface area contributed by atoms with Crippen LogP contribution in [0.1, 0.15) is 10.4 Å². The molecule has 0 spiro atoms. The maximum absolute atomic E-state index is 10.9. The number of carbonyl (C=O) groups is 1. The Morgan fingerprint density at radius 3 is 2.23 bits per heavy atom. The number of benzene rings is 2. The van der Waals surface area contributed by atoms with Gasteiger partial charge in [0.1, 0.15) is 0 Å². The van der Waals surface area contributed by atoms with Crippen molar-refractivity contribution >= 4 is 23.3 Å². The van der Waals surface area contributed by atoms with E-state index in [0.717, 1.165) is 16.8 Å². The van der Waals surface area contributed by atoms with Gasteiger partial charge in [-0.3, -0.25) is 0 Å². The van der Waals surface area contributed by atoms with E-state index in [0.29, 0.717) is 10.7 Å². The number of halogens is 1. The minimum absolute atomic E-state index is 0.252. The average Bonchev–Trinajstić information content (AvgIpc) is 2.90. The zero-order valence-electron chi connectivity index (χ0n) is 11.5. The highest BCUT2D eigenvalue weighted by atomic mass is 35.5. The molecule has 5 heteroatoms. The summed E-state index contributed by atoms with van der Waals surface area (Å²) in [5, 5.41) is 9.60. The minimum atomic E-state index is -0.944. The lowest BCUT2D eigenvalue weighted by Crippen LogP contribution is -1.97. The molecule has 0 fully saturated rings. The van der Waals surface area contributed by atoms with Crippen LogP contribution >= 0.6 is 11.6 Å². The van der Waals surface area contributed by atoms with Crippen LogP contribution in [-0.2, 0) is 0 Å². The standard InChI is InChI=1S/C17H13ClN2O2/c18-13-5-1-11(2-6-13)15-9-20(10-16(15)19)14-7-3-12(4-8-14)17(21)22/h1-10H,19H2,(H,21,22). The molecule has 0 saturated heterocycles. The highest BCUT2D eigenvalue weighted by Gasteiger charge is 2.08. The van der Waals surface area contributed by atoms with E-state index in [1.54, 1.807) is 30.5 Å². The van der Waals surface area contributed by atoms with E-state index < -0.39 is 5.97 Å². The molecule has 3 aromatic rings. The number of nitrogen functional groups attached to an aromatic ring is 1. The quantitative estimate of drug-likeness (QED) is 0.765. The maximum atomic E-state index is 10.9. The number of anilines is 1. The lowest BCUT2D eigenvalue weighted by atomic mass is 10.1. The summed E-state index contributed by atoms with van der Waals surface area (Å²) in [6.45, 7) is 0. The van der Waals surface area contributed by atoms with Gasteiger partial charge in [-0.2, -0.15) is 0 Å². The van der Waals surface area contributed by atoms with Crippen molar-refractivity contribution in [2.75, 3.05) is 5.73 Å². The fourth-order valence-electron chi connectivity index (χ4n) is 2.27. The number of nitrogens with zero attached hydrogens (tertiary/aromatic N) is 1. The maximum Gasteiger partial charge on any atom is 0.335 e. The second-order valence-corrected chi connectivity index (χ2v) is 5.33. The fraction of sp³-hybridized carbons (Fsp3) is 0. The summed E-state index contributed by atoms with van der Waals surface area (Å²) in [6.07, 6.45) is 3.72. The SMILES string of the molecule is Nc1cn(-c2ccc(C(=O)O)cc2)cc1-c1ccc(Cl)cc1. The molecule has 0 unspecified atom stereocenters. The van der Waals surface area contributed by atoms with E-state index in [1.807, 2.05) is 35.0 Å². The monoisotopic (exact) mass is 312 g/mol. The van der Waals surface area contributed by atoms with Crippen molar-refractivity contribution in [2.24, 2.45) is 0 Å². The third kappa shape index (κ3) is 2.69. The summed E-state index contributed by atoms with van der Waals surface area (Å²) in [6, 6.07) is 14.1. The minimum Gasteiger partial charge on any atom is -0.478 e. The summed E-state index contributed by atoms with van der Waals surface area (Å²) in [7, 11) is 0. The normalized spacial score (nSPS) is 10.6. The molecule has 0 bridgehead atoms. The summed E-state index contributed by atoms with van der Waals surface area (Å²) in [5.41, 5.74) is 9.69. The first-order valence-corrected chi connectivity index (χ1v) is 6.99. The van der Waals surface area contributed by atoms with Crippen LogP contribution in [0, 0.1) is 0 Å². The van der Waals surface area contributed by atoms with Gasteiger partial charge in [0.05, 0.1) is 11.3 Å². The average molecular weight is 313 g/mol. The van der Waals surface area contributed by atoms with Gasteiger partial charge in [0.2, 0.25) is 0 Å². The van der Waals surface area contributed by atoms with E-state index in [4.69, 9.17) is 22.4 Å². The molecule has 0 aliphatic carbocycles. The van der Waals surface area contributed by atoms with Crippen molar-refractivity contribution in [3.05, 3.63) is 71.5 Å². The molecule has 0 amide bonds. The van der Waals surface area contributed by atoms with Gasteiger partial charge >= 0.3 is 5.97 Å². The van der Waals surface area contributed by atoms with Gasteiger partial charge in [0.25, 0.3) is 0 Å². The first-order chi connectivity index (χ1) is 10.5. The number of aromatic nitrogens is 1. The Morgan fingerprint density at radius 2 is 1.64 bits per heavy atom. The summed E-state index contributed by atoms with van der Waals surface area (Å²) >= 11 is 5.90. The van der Waals surface area contributed by atoms with Gasteiger partial charge in [0.15, 0.2) is 0 Å². The van der Waals surface area contributed by atoms with Gasteiger partial charge in [-0.15, -0.1) is 0 Å². The second kappa shape index (κ2) is 5.58. The Hall–Kier alpha value is -2.72. The van der Waals surface area contributed by atoms with Crippen LogP contribution in [0.4, 0.5) is 5.69 Å². The van der Waals surface area contributed by atoms with Crippen molar-refractivity contribution < 1.29 is 9.90 Å². The van der Waals surface area contributed by atoms with Crippen LogP contribution in [0.3, 0.4) is 0 Å². The van der Waals surface area contributed by atoms with Crippen LogP contribution in [-0.4, -0.2) is 15.6 Å². The van der Waals surface area contributed by atoms with Crippen LogP contribution in [0.15, 0.2) is 60.9 Å². The fourth-order valence-corrected chi connectivity index (χ4v) is 2.39. The summed E-state index contributed by atoms with van der Waals surface area (Å²) in [5.74, 6) is -0.944. The molecule has 1 aromatic heterocycles. The second-order valence-electron chi connectivity index (χ2n) is 4.89. The number of hydrogen-bond donors (Lipinski definition) is 2. The Kier molecular flexibility index (Phi) is 3.61. The van der Waals surface area contributed by atoms with Gasteiger partial charge in [-0.1, -0.05) is 23.7 Å². The van der Waals surface area contributed by atoms with E-state index in [2.05, 4.69) is 0 Å². The topological polar surface area (TPSA) is 68.2 Å². The van der Waals surface area contributed by atoms with Crippen LogP contribution < -0.4 is 5.73 Å². The zero-order valence-corrected chi connectivity index (χ0v) is 12.3. The van der Waals surface area contributed by atoms with Crippen LogP contribution in [0.25, 0.3) is 16.8 Å². The predicted octanol–water partition coefficient (Wildman–Crippen LogP) is 4.08. The molecule has 0 aliphatic heterocycles. The molecule has 0 saturated carbocycles. The van der Waals surface area contributed by atoms with Crippen LogP contribution in [0.2, 0.25) is 5.02 Å².